The molecule has 1 rings (SSSR count). The van der Waals surface area contributed by atoms with Crippen molar-refractivity contribution in [2.45, 2.75) is 236 Å². The van der Waals surface area contributed by atoms with Crippen molar-refractivity contribution in [3.8, 4) is 0 Å². The van der Waals surface area contributed by atoms with Crippen LogP contribution in [0.2, 0.25) is 0 Å². The molecule has 1 fully saturated rings. The highest BCUT2D eigenvalue weighted by molar-refractivity contribution is 7.47. The summed E-state index contributed by atoms with van der Waals surface area (Å²) in [5, 5.41) is 51.7. The van der Waals surface area contributed by atoms with Gasteiger partial charge in [-0.05, 0) is 44.9 Å². The summed E-state index contributed by atoms with van der Waals surface area (Å²) in [4.78, 5) is 54.4. The standard InChI is InChI=1S/C49H88O17P2/c1-3-5-7-9-11-13-15-17-18-19-20-22-24-26-28-30-32-36-42(51)62-38-41(39-63-68(60,61)66-49-46(55)44(53)45(54)48(47(49)56)65-67(57,58)59)64-43(52)37-33-35-40(50)34-31-29-27-25-23-21-16-14-12-10-8-6-4-2/h12,14,21,23,27,29,31,34,40-41,44-50,53-56H,3-11,13,15-20,22,24-26,28,30,32-33,35-39H2,1-2H3,(H,60,61)(H2,57,58,59)/b14-12-,23-21-,29-27-,34-31+/t40-,41+,44?,45?,46?,47?,48+,49-/m0/s1. The lowest BCUT2D eigenvalue weighted by atomic mass is 9.85. The molecule has 0 aromatic heterocycles. The Bertz CT molecular complexity index is 1520. The van der Waals surface area contributed by atoms with Gasteiger partial charge in [-0.15, -0.1) is 0 Å². The van der Waals surface area contributed by atoms with E-state index in [0.717, 1.165) is 44.9 Å². The van der Waals surface area contributed by atoms with Gasteiger partial charge in [-0.25, -0.2) is 9.13 Å². The third kappa shape index (κ3) is 33.5. The van der Waals surface area contributed by atoms with Crippen molar-refractivity contribution in [2.75, 3.05) is 13.2 Å². The monoisotopic (exact) mass is 1010 g/mol. The predicted molar refractivity (Wildman–Crippen MR) is 261 cm³/mol. The Balaban J connectivity index is 2.64. The second-order valence-corrected chi connectivity index (χ2v) is 20.3. The first kappa shape index (κ1) is 63.9. The van der Waals surface area contributed by atoms with E-state index in [2.05, 4.69) is 42.7 Å². The molecule has 68 heavy (non-hydrogen) atoms. The molecule has 17 nitrogen and oxygen atoms in total. The molecular weight excluding hydrogens is 922 g/mol. The van der Waals surface area contributed by atoms with E-state index in [0.29, 0.717) is 6.42 Å². The SMILES string of the molecule is CCCCC/C=C\C/C=C\C/C=C\C=C\[C@H](O)CCCC(=O)O[C@H](COC(=O)CCCCCCCCCCCCCCCCCCC)COP(=O)(O)O[C@H]1C(O)C(O)C(O)[C@@H](OP(=O)(O)O)C1O. The minimum Gasteiger partial charge on any atom is -0.462 e. The average molecular weight is 1010 g/mol. The Labute approximate surface area is 406 Å². The lowest BCUT2D eigenvalue weighted by molar-refractivity contribution is -0.216. The highest BCUT2D eigenvalue weighted by atomic mass is 31.2. The van der Waals surface area contributed by atoms with Crippen LogP contribution in [0.3, 0.4) is 0 Å². The van der Waals surface area contributed by atoms with Crippen molar-refractivity contribution in [1.29, 1.82) is 0 Å². The normalized spacial score (nSPS) is 22.1. The molecule has 1 aliphatic rings. The van der Waals surface area contributed by atoms with Crippen molar-refractivity contribution in [1.82, 2.24) is 0 Å². The van der Waals surface area contributed by atoms with Crippen molar-refractivity contribution in [3.63, 3.8) is 0 Å². The number of esters is 2. The van der Waals surface area contributed by atoms with Crippen LogP contribution in [0.15, 0.2) is 48.6 Å². The summed E-state index contributed by atoms with van der Waals surface area (Å²) in [5.74, 6) is -1.40. The molecule has 0 spiro atoms. The molecule has 19 heteroatoms. The maximum Gasteiger partial charge on any atom is 0.472 e. The molecule has 5 unspecified atom stereocenters. The Morgan fingerprint density at radius 1 is 0.544 bits per heavy atom. The maximum absolute atomic E-state index is 13.0. The van der Waals surface area contributed by atoms with E-state index in [-0.39, 0.29) is 25.7 Å². The van der Waals surface area contributed by atoms with E-state index in [1.165, 1.54) is 96.3 Å². The second-order valence-electron chi connectivity index (χ2n) is 17.7. The fraction of sp³-hybridized carbons (Fsp3) is 0.796. The van der Waals surface area contributed by atoms with Gasteiger partial charge in [0.1, 0.15) is 43.2 Å². The molecule has 0 aromatic rings. The van der Waals surface area contributed by atoms with E-state index in [4.69, 9.17) is 18.5 Å². The molecule has 1 aliphatic carbocycles. The van der Waals surface area contributed by atoms with Gasteiger partial charge in [-0.2, -0.15) is 0 Å². The van der Waals surface area contributed by atoms with Crippen LogP contribution in [-0.4, -0.2) is 114 Å². The summed E-state index contributed by atoms with van der Waals surface area (Å²) >= 11 is 0. The number of rotatable bonds is 42. The quantitative estimate of drug-likeness (QED) is 0.00931. The van der Waals surface area contributed by atoms with Crippen LogP contribution >= 0.6 is 15.6 Å². The van der Waals surface area contributed by atoms with E-state index in [1.807, 2.05) is 12.2 Å². The number of carbonyl (C=O) groups excluding carboxylic acids is 2. The molecule has 0 aliphatic heterocycles. The van der Waals surface area contributed by atoms with Gasteiger partial charge in [0.05, 0.1) is 12.7 Å². The molecular formula is C49H88O17P2. The van der Waals surface area contributed by atoms with E-state index in [9.17, 15) is 58.9 Å². The van der Waals surface area contributed by atoms with Crippen molar-refractivity contribution < 1.29 is 82.0 Å². The summed E-state index contributed by atoms with van der Waals surface area (Å²) in [5.41, 5.74) is 0. The Kier molecular flexibility index (Phi) is 37.2. The fourth-order valence-corrected chi connectivity index (χ4v) is 9.08. The van der Waals surface area contributed by atoms with Gasteiger partial charge >= 0.3 is 27.6 Å². The van der Waals surface area contributed by atoms with Gasteiger partial charge in [-0.1, -0.05) is 178 Å². The molecule has 0 radical (unpaired) electrons. The highest BCUT2D eigenvalue weighted by Gasteiger charge is 2.54. The van der Waals surface area contributed by atoms with Crippen molar-refractivity contribution in [2.24, 2.45) is 0 Å². The molecule has 396 valence electrons. The van der Waals surface area contributed by atoms with Gasteiger partial charge < -0.3 is 49.7 Å². The average Bonchev–Trinajstić information content (AvgIpc) is 3.29. The first-order valence-corrected chi connectivity index (χ1v) is 28.3. The van der Waals surface area contributed by atoms with Crippen LogP contribution in [0, 0.1) is 0 Å². The van der Waals surface area contributed by atoms with Gasteiger partial charge in [0.15, 0.2) is 6.10 Å². The van der Waals surface area contributed by atoms with Crippen LogP contribution in [-0.2, 0) is 41.8 Å². The number of hydrogen-bond donors (Lipinski definition) is 8. The number of hydrogen-bond acceptors (Lipinski definition) is 14. The topological polar surface area (TPSA) is 276 Å². The van der Waals surface area contributed by atoms with Gasteiger partial charge in [0.2, 0.25) is 0 Å². The maximum atomic E-state index is 13.0. The van der Waals surface area contributed by atoms with Crippen molar-refractivity contribution >= 4 is 27.6 Å². The third-order valence-electron chi connectivity index (χ3n) is 11.5. The van der Waals surface area contributed by atoms with E-state index < -0.39 is 89.6 Å². The Morgan fingerprint density at radius 2 is 1.03 bits per heavy atom. The summed E-state index contributed by atoms with van der Waals surface area (Å²) in [6, 6.07) is 0. The summed E-state index contributed by atoms with van der Waals surface area (Å²) in [6.45, 7) is 2.94. The summed E-state index contributed by atoms with van der Waals surface area (Å²) in [7, 11) is -10.8. The van der Waals surface area contributed by atoms with Crippen LogP contribution in [0.1, 0.15) is 187 Å². The lowest BCUT2D eigenvalue weighted by Crippen LogP contribution is -2.64. The van der Waals surface area contributed by atoms with Gasteiger partial charge in [-0.3, -0.25) is 23.2 Å². The minimum absolute atomic E-state index is 0.0827. The Morgan fingerprint density at radius 3 is 1.59 bits per heavy atom. The Hall–Kier alpha value is -2.08. The largest absolute Gasteiger partial charge is 0.472 e. The number of unbranched alkanes of at least 4 members (excludes halogenated alkanes) is 19. The van der Waals surface area contributed by atoms with Crippen LogP contribution < -0.4 is 0 Å². The number of aliphatic hydroxyl groups is 5. The number of aliphatic hydroxyl groups excluding tert-OH is 5. The first-order chi connectivity index (χ1) is 32.5. The molecule has 1 saturated carbocycles. The first-order valence-electron chi connectivity index (χ1n) is 25.3. The number of phosphoric ester groups is 2. The van der Waals surface area contributed by atoms with Gasteiger partial charge in [0, 0.05) is 12.8 Å². The van der Waals surface area contributed by atoms with Crippen LogP contribution in [0.25, 0.3) is 0 Å². The van der Waals surface area contributed by atoms with Crippen molar-refractivity contribution in [3.05, 3.63) is 48.6 Å². The number of phosphoric acid groups is 2. The molecule has 9 atom stereocenters. The number of ether oxygens (including phenoxy) is 2. The zero-order valence-corrected chi connectivity index (χ0v) is 42.7. The minimum atomic E-state index is -5.39. The van der Waals surface area contributed by atoms with Gasteiger partial charge in [0.25, 0.3) is 0 Å². The van der Waals surface area contributed by atoms with Crippen LogP contribution in [0.5, 0.6) is 0 Å². The predicted octanol–water partition coefficient (Wildman–Crippen LogP) is 9.04. The molecule has 0 saturated heterocycles. The highest BCUT2D eigenvalue weighted by Crippen LogP contribution is 2.49. The van der Waals surface area contributed by atoms with E-state index >= 15 is 0 Å². The summed E-state index contributed by atoms with van der Waals surface area (Å²) in [6.07, 6.45) is 26.5. The smallest absolute Gasteiger partial charge is 0.462 e. The molecule has 0 amide bonds. The number of allylic oxidation sites excluding steroid dienone is 7. The lowest BCUT2D eigenvalue weighted by Gasteiger charge is -2.43. The number of carbonyl (C=O) groups is 2. The molecule has 0 bridgehead atoms. The molecule has 8 N–H and O–H groups in total. The van der Waals surface area contributed by atoms with E-state index in [1.54, 1.807) is 12.2 Å². The zero-order chi connectivity index (χ0) is 50.5. The second kappa shape index (κ2) is 39.5. The zero-order valence-electron chi connectivity index (χ0n) is 40.9. The summed E-state index contributed by atoms with van der Waals surface area (Å²) < 4.78 is 49.3. The fourth-order valence-electron chi connectivity index (χ4n) is 7.54. The molecule has 0 aromatic carbocycles. The van der Waals surface area contributed by atoms with Crippen LogP contribution in [0.4, 0.5) is 0 Å². The molecule has 0 heterocycles. The third-order valence-corrected chi connectivity index (χ3v) is 13.0.